The number of benzene rings is 6. The van der Waals surface area contributed by atoms with Crippen LogP contribution < -0.4 is 0 Å². The van der Waals surface area contributed by atoms with E-state index in [4.69, 9.17) is 9.97 Å². The van der Waals surface area contributed by atoms with Crippen LogP contribution in [0, 0.1) is 0 Å². The van der Waals surface area contributed by atoms with Crippen LogP contribution in [-0.2, 0) is 5.41 Å². The predicted octanol–water partition coefficient (Wildman–Crippen LogP) is 10.4. The van der Waals surface area contributed by atoms with Crippen molar-refractivity contribution in [3.63, 3.8) is 0 Å². The van der Waals surface area contributed by atoms with Crippen molar-refractivity contribution in [3.8, 4) is 44.9 Å². The van der Waals surface area contributed by atoms with Crippen LogP contribution in [0.15, 0.2) is 176 Å². The molecule has 1 aliphatic carbocycles. The summed E-state index contributed by atoms with van der Waals surface area (Å²) in [6.07, 6.45) is 1.83. The van der Waals surface area contributed by atoms with Gasteiger partial charge in [-0.3, -0.25) is 4.98 Å². The minimum absolute atomic E-state index is 0.487. The molecule has 220 valence electrons. The first kappa shape index (κ1) is 27.1. The Kier molecular flexibility index (Phi) is 6.36. The minimum atomic E-state index is -0.487. The molecule has 0 saturated carbocycles. The van der Waals surface area contributed by atoms with E-state index < -0.39 is 5.41 Å². The van der Waals surface area contributed by atoms with Crippen molar-refractivity contribution in [2.75, 3.05) is 0 Å². The van der Waals surface area contributed by atoms with E-state index in [1.807, 2.05) is 48.7 Å². The third-order valence-electron chi connectivity index (χ3n) is 9.42. The topological polar surface area (TPSA) is 38.7 Å². The van der Waals surface area contributed by atoms with Crippen LogP contribution in [0.5, 0.6) is 0 Å². The fourth-order valence-corrected chi connectivity index (χ4v) is 7.33. The standard InChI is InChI=1S/C44H29N3/c1-3-13-33(14-4-1)44(34-15-5-2-6-16-34)37-18-8-7-17-35(37)36-27-26-32(29-38(36)44)43-42(46-40-20-9-10-21-41(40)47-43)31-24-22-30(23-25-31)39-19-11-12-28-45-39/h1-29H. The SMILES string of the molecule is c1ccc(C2(c3ccccc3)c3ccccc3-c3ccc(-c4nc5ccccc5nc4-c4ccc(-c5ccccn5)cc4)cc32)cc1. The number of pyridine rings is 1. The highest BCUT2D eigenvalue weighted by molar-refractivity contribution is 5.91. The second kappa shape index (κ2) is 11.0. The molecule has 0 N–H and O–H groups in total. The summed E-state index contributed by atoms with van der Waals surface area (Å²) in [5, 5.41) is 0. The molecule has 2 heterocycles. The molecule has 0 saturated heterocycles. The molecule has 0 unspecified atom stereocenters. The number of hydrogen-bond donors (Lipinski definition) is 0. The van der Waals surface area contributed by atoms with Crippen molar-refractivity contribution in [2.45, 2.75) is 5.41 Å². The second-order valence-corrected chi connectivity index (χ2v) is 12.0. The molecular weight excluding hydrogens is 571 g/mol. The smallest absolute Gasteiger partial charge is 0.0973 e. The van der Waals surface area contributed by atoms with E-state index in [2.05, 4.69) is 132 Å². The van der Waals surface area contributed by atoms with Crippen LogP contribution in [0.4, 0.5) is 0 Å². The lowest BCUT2D eigenvalue weighted by Crippen LogP contribution is -2.28. The monoisotopic (exact) mass is 599 g/mol. The van der Waals surface area contributed by atoms with E-state index in [1.54, 1.807) is 0 Å². The lowest BCUT2D eigenvalue weighted by Gasteiger charge is -2.34. The third kappa shape index (κ3) is 4.32. The molecule has 8 aromatic rings. The van der Waals surface area contributed by atoms with E-state index in [0.29, 0.717) is 0 Å². The summed E-state index contributed by atoms with van der Waals surface area (Å²) in [7, 11) is 0. The maximum Gasteiger partial charge on any atom is 0.0973 e. The Morgan fingerprint density at radius 2 is 0.915 bits per heavy atom. The van der Waals surface area contributed by atoms with Gasteiger partial charge < -0.3 is 0 Å². The lowest BCUT2D eigenvalue weighted by molar-refractivity contribution is 0.768. The van der Waals surface area contributed by atoms with E-state index in [9.17, 15) is 0 Å². The van der Waals surface area contributed by atoms with Crippen LogP contribution in [0.1, 0.15) is 22.3 Å². The van der Waals surface area contributed by atoms with E-state index in [1.165, 1.54) is 33.4 Å². The van der Waals surface area contributed by atoms with Gasteiger partial charge in [0.05, 0.1) is 33.5 Å². The first-order chi connectivity index (χ1) is 23.3. The first-order valence-corrected chi connectivity index (χ1v) is 16.0. The number of aromatic nitrogens is 3. The van der Waals surface area contributed by atoms with Gasteiger partial charge in [0, 0.05) is 22.9 Å². The van der Waals surface area contributed by atoms with E-state index >= 15 is 0 Å². The second-order valence-electron chi connectivity index (χ2n) is 12.0. The van der Waals surface area contributed by atoms with Crippen molar-refractivity contribution < 1.29 is 0 Å². The molecule has 0 amide bonds. The molecule has 1 aliphatic rings. The minimum Gasteiger partial charge on any atom is -0.256 e. The molecule has 9 rings (SSSR count). The number of nitrogens with zero attached hydrogens (tertiary/aromatic N) is 3. The van der Waals surface area contributed by atoms with Gasteiger partial charge in [-0.05, 0) is 63.7 Å². The molecule has 6 aromatic carbocycles. The quantitative estimate of drug-likeness (QED) is 0.198. The van der Waals surface area contributed by atoms with Crippen LogP contribution in [0.25, 0.3) is 55.9 Å². The van der Waals surface area contributed by atoms with Crippen LogP contribution in [-0.4, -0.2) is 15.0 Å². The largest absolute Gasteiger partial charge is 0.256 e. The Bertz CT molecular complexity index is 2340. The first-order valence-electron chi connectivity index (χ1n) is 16.0. The van der Waals surface area contributed by atoms with Crippen LogP contribution in [0.3, 0.4) is 0 Å². The zero-order valence-electron chi connectivity index (χ0n) is 25.6. The summed E-state index contributed by atoms with van der Waals surface area (Å²) in [5.41, 5.74) is 14.6. The fourth-order valence-electron chi connectivity index (χ4n) is 7.33. The van der Waals surface area contributed by atoms with Gasteiger partial charge in [-0.15, -0.1) is 0 Å². The fraction of sp³-hybridized carbons (Fsp3) is 0.0227. The highest BCUT2D eigenvalue weighted by Crippen LogP contribution is 2.56. The normalized spacial score (nSPS) is 12.9. The highest BCUT2D eigenvalue weighted by atomic mass is 14.8. The Morgan fingerprint density at radius 3 is 1.57 bits per heavy atom. The zero-order valence-corrected chi connectivity index (χ0v) is 25.6. The van der Waals surface area contributed by atoms with Gasteiger partial charge >= 0.3 is 0 Å². The Balaban J connectivity index is 1.29. The molecule has 2 aromatic heterocycles. The maximum atomic E-state index is 5.30. The zero-order chi connectivity index (χ0) is 31.2. The average Bonchev–Trinajstić information content (AvgIpc) is 3.46. The molecule has 0 fully saturated rings. The molecule has 0 aliphatic heterocycles. The molecule has 47 heavy (non-hydrogen) atoms. The number of para-hydroxylation sites is 2. The number of hydrogen-bond acceptors (Lipinski definition) is 3. The highest BCUT2D eigenvalue weighted by Gasteiger charge is 2.46. The molecular formula is C44H29N3. The van der Waals surface area contributed by atoms with Gasteiger partial charge in [0.25, 0.3) is 0 Å². The molecule has 0 atom stereocenters. The van der Waals surface area contributed by atoms with Crippen molar-refractivity contribution in [3.05, 3.63) is 198 Å². The Hall–Kier alpha value is -6.19. The van der Waals surface area contributed by atoms with Gasteiger partial charge in [0.15, 0.2) is 0 Å². The van der Waals surface area contributed by atoms with Crippen molar-refractivity contribution >= 4 is 11.0 Å². The summed E-state index contributed by atoms with van der Waals surface area (Å²) in [4.78, 5) is 15.1. The summed E-state index contributed by atoms with van der Waals surface area (Å²) in [5.74, 6) is 0. The summed E-state index contributed by atoms with van der Waals surface area (Å²) in [6.45, 7) is 0. The summed E-state index contributed by atoms with van der Waals surface area (Å²) < 4.78 is 0. The maximum absolute atomic E-state index is 5.30. The van der Waals surface area contributed by atoms with Crippen molar-refractivity contribution in [1.82, 2.24) is 15.0 Å². The van der Waals surface area contributed by atoms with Gasteiger partial charge in [0.1, 0.15) is 0 Å². The van der Waals surface area contributed by atoms with E-state index in [0.717, 1.165) is 44.8 Å². The number of fused-ring (bicyclic) bond motifs is 4. The van der Waals surface area contributed by atoms with E-state index in [-0.39, 0.29) is 0 Å². The number of rotatable bonds is 5. The Labute approximate surface area is 273 Å². The summed E-state index contributed by atoms with van der Waals surface area (Å²) >= 11 is 0. The lowest BCUT2D eigenvalue weighted by atomic mass is 9.67. The van der Waals surface area contributed by atoms with Crippen molar-refractivity contribution in [1.29, 1.82) is 0 Å². The summed E-state index contributed by atoms with van der Waals surface area (Å²) in [6, 6.07) is 60.1. The van der Waals surface area contributed by atoms with Gasteiger partial charge in [-0.1, -0.05) is 140 Å². The van der Waals surface area contributed by atoms with Gasteiger partial charge in [-0.25, -0.2) is 9.97 Å². The molecule has 3 nitrogen and oxygen atoms in total. The molecule has 0 bridgehead atoms. The van der Waals surface area contributed by atoms with Gasteiger partial charge in [-0.2, -0.15) is 0 Å². The predicted molar refractivity (Wildman–Crippen MR) is 191 cm³/mol. The molecule has 0 radical (unpaired) electrons. The van der Waals surface area contributed by atoms with Crippen molar-refractivity contribution in [2.24, 2.45) is 0 Å². The Morgan fingerprint density at radius 1 is 0.383 bits per heavy atom. The third-order valence-corrected chi connectivity index (χ3v) is 9.42. The average molecular weight is 600 g/mol. The van der Waals surface area contributed by atoms with Crippen LogP contribution in [0.2, 0.25) is 0 Å². The van der Waals surface area contributed by atoms with Crippen LogP contribution >= 0.6 is 0 Å². The molecule has 3 heteroatoms. The molecule has 0 spiro atoms. The van der Waals surface area contributed by atoms with Gasteiger partial charge in [0.2, 0.25) is 0 Å².